The van der Waals surface area contributed by atoms with E-state index in [9.17, 15) is 8.42 Å². The number of rotatable bonds is 3. The molecule has 0 radical (unpaired) electrons. The van der Waals surface area contributed by atoms with Crippen LogP contribution in [-0.4, -0.2) is 24.5 Å². The van der Waals surface area contributed by atoms with Gasteiger partial charge in [0.25, 0.3) is 10.0 Å². The third-order valence-electron chi connectivity index (χ3n) is 5.61. The average Bonchev–Trinajstić information content (AvgIpc) is 3.26. The minimum Gasteiger partial charge on any atom is -0.300 e. The molecule has 29 heavy (non-hydrogen) atoms. The summed E-state index contributed by atoms with van der Waals surface area (Å²) >= 11 is 0. The lowest BCUT2D eigenvalue weighted by molar-refractivity contribution is 0.589. The fraction of sp³-hybridized carbons (Fsp3) is 0.174. The Morgan fingerprint density at radius 2 is 1.59 bits per heavy atom. The van der Waals surface area contributed by atoms with Crippen LogP contribution >= 0.6 is 0 Å². The number of para-hydroxylation sites is 2. The molecule has 0 spiro atoms. The van der Waals surface area contributed by atoms with Gasteiger partial charge in [-0.2, -0.15) is 0 Å². The Morgan fingerprint density at radius 1 is 0.897 bits per heavy atom. The molecule has 4 aromatic rings. The maximum absolute atomic E-state index is 13.5. The van der Waals surface area contributed by atoms with Crippen LogP contribution in [0.1, 0.15) is 22.7 Å². The minimum atomic E-state index is -3.72. The lowest BCUT2D eigenvalue weighted by Crippen LogP contribution is -2.30. The molecule has 1 atom stereocenters. The van der Waals surface area contributed by atoms with Crippen molar-refractivity contribution in [3.8, 4) is 0 Å². The zero-order valence-electron chi connectivity index (χ0n) is 16.3. The number of nitrogens with zero attached hydrogens (tertiary/aromatic N) is 3. The standard InChI is InChI=1S/C23H21N3O2S/c1-16-11-13-18(14-12-16)29(27,28)25-15-22(19-8-4-3-7-17(19)2)26-21-10-6-5-9-20(21)24-23(25)26/h3-14,22H,15H2,1-2H3. The minimum absolute atomic E-state index is 0.126. The molecular weight excluding hydrogens is 382 g/mol. The molecule has 1 aliphatic rings. The van der Waals surface area contributed by atoms with Gasteiger partial charge in [0.15, 0.2) is 0 Å². The van der Waals surface area contributed by atoms with Crippen molar-refractivity contribution in [2.24, 2.45) is 0 Å². The van der Waals surface area contributed by atoms with Crippen LogP contribution in [0.4, 0.5) is 5.95 Å². The zero-order valence-corrected chi connectivity index (χ0v) is 17.1. The van der Waals surface area contributed by atoms with Gasteiger partial charge >= 0.3 is 0 Å². The molecule has 1 aliphatic heterocycles. The van der Waals surface area contributed by atoms with Crippen molar-refractivity contribution >= 4 is 27.0 Å². The normalized spacial score (nSPS) is 16.3. The van der Waals surface area contributed by atoms with Crippen LogP contribution in [0.15, 0.2) is 77.7 Å². The monoisotopic (exact) mass is 403 g/mol. The Bertz CT molecular complexity index is 1320. The van der Waals surface area contributed by atoms with E-state index in [0.29, 0.717) is 12.5 Å². The van der Waals surface area contributed by atoms with Crippen molar-refractivity contribution < 1.29 is 8.42 Å². The molecule has 3 aromatic carbocycles. The molecule has 6 heteroatoms. The summed E-state index contributed by atoms with van der Waals surface area (Å²) in [7, 11) is -3.72. The van der Waals surface area contributed by atoms with Gasteiger partial charge in [-0.3, -0.25) is 4.57 Å². The van der Waals surface area contributed by atoms with E-state index in [1.807, 2.05) is 55.5 Å². The van der Waals surface area contributed by atoms with Crippen LogP contribution in [0.2, 0.25) is 0 Å². The van der Waals surface area contributed by atoms with E-state index in [-0.39, 0.29) is 10.9 Å². The molecule has 1 unspecified atom stereocenters. The largest absolute Gasteiger partial charge is 0.300 e. The molecular formula is C23H21N3O2S. The number of fused-ring (bicyclic) bond motifs is 3. The molecule has 1 aromatic heterocycles. The molecule has 5 rings (SSSR count). The third-order valence-corrected chi connectivity index (χ3v) is 7.37. The van der Waals surface area contributed by atoms with E-state index in [2.05, 4.69) is 23.6 Å². The fourth-order valence-corrected chi connectivity index (χ4v) is 5.49. The summed E-state index contributed by atoms with van der Waals surface area (Å²) in [6.45, 7) is 4.33. The first kappa shape index (κ1) is 17.9. The average molecular weight is 404 g/mol. The highest BCUT2D eigenvalue weighted by molar-refractivity contribution is 7.92. The maximum atomic E-state index is 13.5. The second-order valence-corrected chi connectivity index (χ2v) is 9.35. The molecule has 0 aliphatic carbocycles. The molecule has 0 N–H and O–H groups in total. The smallest absolute Gasteiger partial charge is 0.266 e. The van der Waals surface area contributed by atoms with Crippen LogP contribution in [0.3, 0.4) is 0 Å². The van der Waals surface area contributed by atoms with Crippen LogP contribution in [-0.2, 0) is 10.0 Å². The van der Waals surface area contributed by atoms with Gasteiger partial charge in [-0.1, -0.05) is 54.1 Å². The highest BCUT2D eigenvalue weighted by atomic mass is 32.2. The Balaban J connectivity index is 1.72. The Labute approximate surface area is 170 Å². The summed E-state index contributed by atoms with van der Waals surface area (Å²) in [5.41, 5.74) is 5.01. The van der Waals surface area contributed by atoms with Crippen molar-refractivity contribution in [1.29, 1.82) is 0 Å². The fourth-order valence-electron chi connectivity index (χ4n) is 4.08. The molecule has 0 bridgehead atoms. The lowest BCUT2D eigenvalue weighted by atomic mass is 10.0. The summed E-state index contributed by atoms with van der Waals surface area (Å²) in [6, 6.07) is 22.8. The van der Waals surface area contributed by atoms with E-state index in [4.69, 9.17) is 4.98 Å². The summed E-state index contributed by atoms with van der Waals surface area (Å²) in [6.07, 6.45) is 0. The van der Waals surface area contributed by atoms with Gasteiger partial charge in [-0.15, -0.1) is 0 Å². The first-order valence-corrected chi connectivity index (χ1v) is 11.0. The molecule has 0 saturated heterocycles. The van der Waals surface area contributed by atoms with Crippen molar-refractivity contribution in [3.63, 3.8) is 0 Å². The van der Waals surface area contributed by atoms with Gasteiger partial charge in [-0.05, 0) is 49.2 Å². The van der Waals surface area contributed by atoms with Gasteiger partial charge < -0.3 is 0 Å². The maximum Gasteiger partial charge on any atom is 0.266 e. The predicted octanol–water partition coefficient (Wildman–Crippen LogP) is 4.45. The number of sulfonamides is 1. The molecule has 0 fully saturated rings. The summed E-state index contributed by atoms with van der Waals surface area (Å²) < 4.78 is 30.6. The number of hydrogen-bond acceptors (Lipinski definition) is 3. The van der Waals surface area contributed by atoms with Crippen LogP contribution in [0.25, 0.3) is 11.0 Å². The summed E-state index contributed by atoms with van der Waals surface area (Å²) in [4.78, 5) is 4.98. The first-order valence-electron chi connectivity index (χ1n) is 9.59. The molecule has 146 valence electrons. The van der Waals surface area contributed by atoms with E-state index in [1.54, 1.807) is 12.1 Å². The van der Waals surface area contributed by atoms with Gasteiger partial charge in [0.2, 0.25) is 5.95 Å². The number of imidazole rings is 1. The Hall–Kier alpha value is -3.12. The van der Waals surface area contributed by atoms with Crippen LogP contribution in [0, 0.1) is 13.8 Å². The summed E-state index contributed by atoms with van der Waals surface area (Å²) in [5, 5.41) is 0. The van der Waals surface area contributed by atoms with Crippen molar-refractivity contribution in [1.82, 2.24) is 9.55 Å². The second-order valence-electron chi connectivity index (χ2n) is 7.49. The van der Waals surface area contributed by atoms with E-state index >= 15 is 0 Å². The van der Waals surface area contributed by atoms with E-state index < -0.39 is 10.0 Å². The number of hydrogen-bond donors (Lipinski definition) is 0. The number of aryl methyl sites for hydroxylation is 2. The molecule has 2 heterocycles. The highest BCUT2D eigenvalue weighted by Crippen LogP contribution is 2.40. The Kier molecular flexibility index (Phi) is 3.99. The van der Waals surface area contributed by atoms with Crippen molar-refractivity contribution in [2.45, 2.75) is 24.8 Å². The molecule has 0 saturated carbocycles. The van der Waals surface area contributed by atoms with Crippen molar-refractivity contribution in [3.05, 3.63) is 89.5 Å². The topological polar surface area (TPSA) is 55.2 Å². The predicted molar refractivity (Wildman–Crippen MR) is 115 cm³/mol. The SMILES string of the molecule is Cc1ccc(S(=O)(=O)N2CC(c3ccccc3C)n3c2nc2ccccc23)cc1. The number of aromatic nitrogens is 2. The van der Waals surface area contributed by atoms with E-state index in [0.717, 1.165) is 27.7 Å². The Morgan fingerprint density at radius 3 is 2.34 bits per heavy atom. The third kappa shape index (κ3) is 2.75. The zero-order chi connectivity index (χ0) is 20.2. The van der Waals surface area contributed by atoms with Crippen molar-refractivity contribution in [2.75, 3.05) is 10.8 Å². The van der Waals surface area contributed by atoms with Crippen LogP contribution < -0.4 is 4.31 Å². The molecule has 5 nitrogen and oxygen atoms in total. The second kappa shape index (κ2) is 6.46. The van der Waals surface area contributed by atoms with Gasteiger partial charge in [-0.25, -0.2) is 17.7 Å². The first-order chi connectivity index (χ1) is 14.0. The lowest BCUT2D eigenvalue weighted by Gasteiger charge is -2.19. The highest BCUT2D eigenvalue weighted by Gasteiger charge is 2.40. The quantitative estimate of drug-likeness (QED) is 0.508. The molecule has 0 amide bonds. The number of anilines is 1. The summed E-state index contributed by atoms with van der Waals surface area (Å²) in [5.74, 6) is 0.472. The van der Waals surface area contributed by atoms with Gasteiger partial charge in [0.05, 0.1) is 28.5 Å². The van der Waals surface area contributed by atoms with Crippen LogP contribution in [0.5, 0.6) is 0 Å². The van der Waals surface area contributed by atoms with Gasteiger partial charge in [0, 0.05) is 0 Å². The van der Waals surface area contributed by atoms with Gasteiger partial charge in [0.1, 0.15) is 0 Å². The number of benzene rings is 3. The van der Waals surface area contributed by atoms with E-state index in [1.165, 1.54) is 4.31 Å².